The highest BCUT2D eigenvalue weighted by molar-refractivity contribution is 5.95. The second kappa shape index (κ2) is 12.6. The molecule has 5 atom stereocenters. The summed E-state index contributed by atoms with van der Waals surface area (Å²) in [6, 6.07) is -4.32. The number of likely N-dealkylation sites (N-methyl/N-ethyl adjacent to an activating group) is 1. The number of carbonyl (C=O) groups excluding carboxylic acids is 3. The van der Waals surface area contributed by atoms with Crippen LogP contribution in [0, 0.1) is 0 Å². The molecule has 0 saturated heterocycles. The van der Waals surface area contributed by atoms with Gasteiger partial charge in [0.1, 0.15) is 24.7 Å². The van der Waals surface area contributed by atoms with Crippen molar-refractivity contribution in [3.05, 3.63) is 0 Å². The van der Waals surface area contributed by atoms with Crippen LogP contribution in [0.15, 0.2) is 0 Å². The van der Waals surface area contributed by atoms with Gasteiger partial charge < -0.3 is 41.7 Å². The average molecular weight is 420 g/mol. The van der Waals surface area contributed by atoms with Gasteiger partial charge in [0.25, 0.3) is 0 Å². The number of carboxylic acids is 2. The Balaban J connectivity index is 5.34. The Kier molecular flexibility index (Phi) is 11.4. The normalized spacial score (nSPS) is 15.9. The van der Waals surface area contributed by atoms with Crippen LogP contribution in [-0.4, -0.2) is 93.5 Å². The van der Waals surface area contributed by atoms with Crippen molar-refractivity contribution < 1.29 is 44.4 Å². The molecule has 0 radical (unpaired) electrons. The van der Waals surface area contributed by atoms with E-state index in [2.05, 4.69) is 16.0 Å². The molecule has 0 aromatic heterocycles. The molecule has 13 nitrogen and oxygen atoms in total. The molecule has 3 amide bonds. The summed E-state index contributed by atoms with van der Waals surface area (Å²) in [5, 5.41) is 45.9. The first kappa shape index (κ1) is 26.2. The first-order valence-corrected chi connectivity index (χ1v) is 8.82. The topological polar surface area (TPSA) is 214 Å². The van der Waals surface area contributed by atoms with Gasteiger partial charge in [-0.15, -0.1) is 0 Å². The van der Waals surface area contributed by atoms with Crippen molar-refractivity contribution in [1.29, 1.82) is 0 Å². The van der Waals surface area contributed by atoms with E-state index in [9.17, 15) is 34.2 Å². The first-order valence-electron chi connectivity index (χ1n) is 8.82. The summed E-state index contributed by atoms with van der Waals surface area (Å²) in [6.07, 6.45) is -3.42. The Hall–Kier alpha value is -2.77. The van der Waals surface area contributed by atoms with Crippen LogP contribution in [0.1, 0.15) is 27.2 Å². The summed E-state index contributed by atoms with van der Waals surface area (Å²) in [7, 11) is 0. The van der Waals surface area contributed by atoms with Crippen molar-refractivity contribution in [3.63, 3.8) is 0 Å². The predicted molar refractivity (Wildman–Crippen MR) is 97.6 cm³/mol. The van der Waals surface area contributed by atoms with E-state index in [0.29, 0.717) is 6.54 Å². The van der Waals surface area contributed by atoms with Crippen LogP contribution >= 0.6 is 0 Å². The molecule has 0 spiro atoms. The van der Waals surface area contributed by atoms with Crippen LogP contribution in [0.4, 0.5) is 0 Å². The van der Waals surface area contributed by atoms with Gasteiger partial charge in [0.15, 0.2) is 0 Å². The molecule has 0 aliphatic heterocycles. The monoisotopic (exact) mass is 420 g/mol. The lowest BCUT2D eigenvalue weighted by Gasteiger charge is -2.26. The maximum atomic E-state index is 12.4. The van der Waals surface area contributed by atoms with E-state index in [-0.39, 0.29) is 0 Å². The largest absolute Gasteiger partial charge is 0.481 e. The highest BCUT2D eigenvalue weighted by Gasteiger charge is 2.33. The van der Waals surface area contributed by atoms with E-state index >= 15 is 0 Å². The summed E-state index contributed by atoms with van der Waals surface area (Å²) < 4.78 is 0. The lowest BCUT2D eigenvalue weighted by Crippen LogP contribution is -2.60. The van der Waals surface area contributed by atoms with Crippen molar-refractivity contribution in [2.45, 2.75) is 57.5 Å². The van der Waals surface area contributed by atoms with Gasteiger partial charge in [0.2, 0.25) is 17.7 Å². The van der Waals surface area contributed by atoms with E-state index in [1.807, 2.05) is 5.32 Å². The van der Waals surface area contributed by atoms with Crippen LogP contribution in [-0.2, 0) is 24.0 Å². The summed E-state index contributed by atoms with van der Waals surface area (Å²) >= 11 is 0. The number of rotatable bonds is 13. The molecule has 0 bridgehead atoms. The van der Waals surface area contributed by atoms with E-state index < -0.39 is 73.0 Å². The predicted octanol–water partition coefficient (Wildman–Crippen LogP) is -3.63. The fourth-order valence-electron chi connectivity index (χ4n) is 2.28. The summed E-state index contributed by atoms with van der Waals surface area (Å²) in [4.78, 5) is 58.3. The third-order valence-corrected chi connectivity index (χ3v) is 3.68. The standard InChI is InChI=1S/C16H28N4O9/c1-4-17-12(7(2)21)16(29)19-9(5-10(23)24)14(27)20-13(8(3)22)15(28)18-6-11(25)26/h7-9,12-13,17,21-22H,4-6H2,1-3H3,(H,18,28)(H,19,29)(H,20,27)(H,23,24)(H,25,26). The number of aliphatic hydroxyl groups is 2. The molecule has 0 aromatic carbocycles. The highest BCUT2D eigenvalue weighted by atomic mass is 16.4. The van der Waals surface area contributed by atoms with Gasteiger partial charge in [-0.05, 0) is 20.4 Å². The van der Waals surface area contributed by atoms with Crippen molar-refractivity contribution in [2.75, 3.05) is 13.1 Å². The maximum Gasteiger partial charge on any atom is 0.322 e. The zero-order valence-corrected chi connectivity index (χ0v) is 16.3. The Morgan fingerprint density at radius 1 is 0.793 bits per heavy atom. The third kappa shape index (κ3) is 9.82. The van der Waals surface area contributed by atoms with Gasteiger partial charge in [0.05, 0.1) is 18.6 Å². The van der Waals surface area contributed by atoms with Crippen molar-refractivity contribution in [2.24, 2.45) is 0 Å². The van der Waals surface area contributed by atoms with Gasteiger partial charge in [-0.25, -0.2) is 0 Å². The number of hydrogen-bond donors (Lipinski definition) is 8. The fourth-order valence-corrected chi connectivity index (χ4v) is 2.28. The number of hydrogen-bond acceptors (Lipinski definition) is 8. The van der Waals surface area contributed by atoms with Crippen molar-refractivity contribution >= 4 is 29.7 Å². The second-order valence-corrected chi connectivity index (χ2v) is 6.27. The molecule has 13 heteroatoms. The Bertz CT molecular complexity index is 609. The number of amides is 3. The van der Waals surface area contributed by atoms with Crippen molar-refractivity contribution in [3.8, 4) is 0 Å². The molecule has 0 heterocycles. The van der Waals surface area contributed by atoms with Gasteiger partial charge in [-0.2, -0.15) is 0 Å². The third-order valence-electron chi connectivity index (χ3n) is 3.68. The first-order chi connectivity index (χ1) is 13.4. The Morgan fingerprint density at radius 2 is 1.34 bits per heavy atom. The summed E-state index contributed by atoms with van der Waals surface area (Å²) in [6.45, 7) is 3.71. The highest BCUT2D eigenvalue weighted by Crippen LogP contribution is 2.01. The SMILES string of the molecule is CCNC(C(=O)NC(CC(=O)O)C(=O)NC(C(=O)NCC(=O)O)C(C)O)C(C)O. The quantitative estimate of drug-likeness (QED) is 0.146. The maximum absolute atomic E-state index is 12.4. The Labute approximate surface area is 166 Å². The molecule has 166 valence electrons. The molecule has 5 unspecified atom stereocenters. The lowest BCUT2D eigenvalue weighted by molar-refractivity contribution is -0.142. The Morgan fingerprint density at radius 3 is 1.76 bits per heavy atom. The molecular formula is C16H28N4O9. The minimum absolute atomic E-state index is 0.312. The van der Waals surface area contributed by atoms with Gasteiger partial charge >= 0.3 is 11.9 Å². The minimum Gasteiger partial charge on any atom is -0.481 e. The molecule has 0 aliphatic carbocycles. The molecule has 0 aliphatic rings. The molecule has 0 fully saturated rings. The van der Waals surface area contributed by atoms with Crippen molar-refractivity contribution in [1.82, 2.24) is 21.3 Å². The average Bonchev–Trinajstić information content (AvgIpc) is 2.60. The second-order valence-electron chi connectivity index (χ2n) is 6.27. The number of nitrogens with one attached hydrogen (secondary N) is 4. The zero-order valence-electron chi connectivity index (χ0n) is 16.3. The molecule has 8 N–H and O–H groups in total. The van der Waals surface area contributed by atoms with Gasteiger partial charge in [0, 0.05) is 0 Å². The zero-order chi connectivity index (χ0) is 22.7. The van der Waals surface area contributed by atoms with Gasteiger partial charge in [-0.1, -0.05) is 6.92 Å². The number of carbonyl (C=O) groups is 5. The van der Waals surface area contributed by atoms with Gasteiger partial charge in [-0.3, -0.25) is 24.0 Å². The number of carboxylic acid groups (broad SMARTS) is 2. The summed E-state index contributed by atoms with van der Waals surface area (Å²) in [5.41, 5.74) is 0. The van der Waals surface area contributed by atoms with E-state index in [1.54, 1.807) is 6.92 Å². The smallest absolute Gasteiger partial charge is 0.322 e. The fraction of sp³-hybridized carbons (Fsp3) is 0.688. The van der Waals surface area contributed by atoms with E-state index in [0.717, 1.165) is 6.92 Å². The molecule has 29 heavy (non-hydrogen) atoms. The molecular weight excluding hydrogens is 392 g/mol. The lowest BCUT2D eigenvalue weighted by atomic mass is 10.1. The van der Waals surface area contributed by atoms with Crippen LogP contribution in [0.5, 0.6) is 0 Å². The van der Waals surface area contributed by atoms with Crippen LogP contribution < -0.4 is 21.3 Å². The van der Waals surface area contributed by atoms with Crippen LogP contribution in [0.25, 0.3) is 0 Å². The number of aliphatic carboxylic acids is 2. The van der Waals surface area contributed by atoms with E-state index in [1.165, 1.54) is 6.92 Å². The summed E-state index contributed by atoms with van der Waals surface area (Å²) in [5.74, 6) is -5.71. The van der Waals surface area contributed by atoms with E-state index in [4.69, 9.17) is 10.2 Å². The minimum atomic E-state index is -1.62. The van der Waals surface area contributed by atoms with Crippen LogP contribution in [0.2, 0.25) is 0 Å². The van der Waals surface area contributed by atoms with Crippen LogP contribution in [0.3, 0.4) is 0 Å². The molecule has 0 saturated carbocycles. The molecule has 0 rings (SSSR count). The number of aliphatic hydroxyl groups excluding tert-OH is 2. The molecule has 0 aromatic rings.